The first-order valence-corrected chi connectivity index (χ1v) is 6.35. The second kappa shape index (κ2) is 7.89. The van der Waals surface area contributed by atoms with Gasteiger partial charge in [-0.15, -0.1) is 0 Å². The molecule has 0 amide bonds. The molecular weight excluding hydrogens is 250 g/mol. The summed E-state index contributed by atoms with van der Waals surface area (Å²) >= 11 is 0. The molecule has 0 heterocycles. The zero-order chi connectivity index (χ0) is 15.1. The molecule has 0 saturated heterocycles. The highest BCUT2D eigenvalue weighted by atomic mass is 16.5. The van der Waals surface area contributed by atoms with Crippen molar-refractivity contribution < 1.29 is 28.7 Å². The molecule has 0 aliphatic rings. The Morgan fingerprint density at radius 1 is 1.21 bits per heavy atom. The summed E-state index contributed by atoms with van der Waals surface area (Å²) < 4.78 is 5.51. The second-order valence-corrected chi connectivity index (χ2v) is 5.63. The quantitative estimate of drug-likeness (QED) is 0.321. The van der Waals surface area contributed by atoms with E-state index in [9.17, 15) is 19.5 Å². The number of ketones is 1. The minimum absolute atomic E-state index is 0.190. The molecular formula is C13H23NO5. The molecule has 110 valence electrons. The summed E-state index contributed by atoms with van der Waals surface area (Å²) in [4.78, 5) is 33.5. The highest BCUT2D eigenvalue weighted by Gasteiger charge is 2.23. The van der Waals surface area contributed by atoms with Crippen LogP contribution < -0.4 is 5.11 Å². The van der Waals surface area contributed by atoms with E-state index in [4.69, 9.17) is 4.74 Å². The standard InChI is InChI=1S/C13H23NO5/c1-5-6-10(15)7-13(18)19-11(8-12(16)17)9-14(2,3)4/h11H,5-9H2,1-4H3. The fourth-order valence-corrected chi connectivity index (χ4v) is 1.70. The number of hydrogen-bond acceptors (Lipinski definition) is 5. The number of carboxylic acids is 1. The molecule has 0 spiro atoms. The van der Waals surface area contributed by atoms with E-state index in [0.717, 1.165) is 0 Å². The molecule has 0 N–H and O–H groups in total. The summed E-state index contributed by atoms with van der Waals surface area (Å²) in [6, 6.07) is 0. The molecule has 0 aliphatic carbocycles. The first-order valence-electron chi connectivity index (χ1n) is 6.35. The summed E-state index contributed by atoms with van der Waals surface area (Å²) in [7, 11) is 5.58. The Balaban J connectivity index is 4.42. The van der Waals surface area contributed by atoms with Gasteiger partial charge in [0.15, 0.2) is 6.10 Å². The number of quaternary nitrogens is 1. The van der Waals surface area contributed by atoms with Crippen molar-refractivity contribution in [3.63, 3.8) is 0 Å². The third-order valence-corrected chi connectivity index (χ3v) is 2.31. The third-order valence-electron chi connectivity index (χ3n) is 2.31. The number of ether oxygens (including phenoxy) is 1. The van der Waals surface area contributed by atoms with Gasteiger partial charge in [-0.1, -0.05) is 6.92 Å². The summed E-state index contributed by atoms with van der Waals surface area (Å²) in [6.45, 7) is 2.20. The normalized spacial score (nSPS) is 12.8. The predicted molar refractivity (Wildman–Crippen MR) is 66.9 cm³/mol. The lowest BCUT2D eigenvalue weighted by atomic mass is 10.2. The number of esters is 1. The van der Waals surface area contributed by atoms with Crippen molar-refractivity contribution >= 4 is 17.7 Å². The van der Waals surface area contributed by atoms with Gasteiger partial charge >= 0.3 is 5.97 Å². The van der Waals surface area contributed by atoms with Gasteiger partial charge in [0.05, 0.1) is 21.1 Å². The monoisotopic (exact) mass is 273 g/mol. The summed E-state index contributed by atoms with van der Waals surface area (Å²) in [5.41, 5.74) is 0. The van der Waals surface area contributed by atoms with Gasteiger partial charge < -0.3 is 19.1 Å². The van der Waals surface area contributed by atoms with E-state index < -0.39 is 18.0 Å². The average molecular weight is 273 g/mol. The number of Topliss-reactive ketones (excluding diaryl/α,β-unsaturated/α-hetero) is 1. The number of carboxylic acid groups (broad SMARTS) is 1. The van der Waals surface area contributed by atoms with E-state index in [1.807, 2.05) is 28.1 Å². The zero-order valence-electron chi connectivity index (χ0n) is 12.1. The van der Waals surface area contributed by atoms with Gasteiger partial charge in [-0.3, -0.25) is 9.59 Å². The average Bonchev–Trinajstić information content (AvgIpc) is 2.12. The Morgan fingerprint density at radius 3 is 2.21 bits per heavy atom. The highest BCUT2D eigenvalue weighted by molar-refractivity contribution is 5.95. The smallest absolute Gasteiger partial charge is 0.313 e. The molecule has 19 heavy (non-hydrogen) atoms. The number of likely N-dealkylation sites (N-methyl/N-ethyl adjacent to an activating group) is 1. The van der Waals surface area contributed by atoms with Crippen LogP contribution in [-0.2, 0) is 19.1 Å². The summed E-state index contributed by atoms with van der Waals surface area (Å²) in [6.07, 6.45) is -0.423. The first kappa shape index (κ1) is 17.6. The van der Waals surface area contributed by atoms with Crippen LogP contribution in [0.2, 0.25) is 0 Å². The largest absolute Gasteiger partial charge is 0.550 e. The maximum atomic E-state index is 11.5. The Morgan fingerprint density at radius 2 is 1.79 bits per heavy atom. The van der Waals surface area contributed by atoms with Crippen LogP contribution in [0.25, 0.3) is 0 Å². The molecule has 0 aliphatic heterocycles. The number of rotatable bonds is 9. The minimum Gasteiger partial charge on any atom is -0.550 e. The van der Waals surface area contributed by atoms with E-state index >= 15 is 0 Å². The molecule has 0 aromatic carbocycles. The van der Waals surface area contributed by atoms with Crippen molar-refractivity contribution in [1.29, 1.82) is 0 Å². The van der Waals surface area contributed by atoms with Gasteiger partial charge in [0.25, 0.3) is 0 Å². The van der Waals surface area contributed by atoms with Gasteiger partial charge in [-0.25, -0.2) is 0 Å². The van der Waals surface area contributed by atoms with Crippen molar-refractivity contribution in [3.05, 3.63) is 0 Å². The molecule has 1 atom stereocenters. The first-order chi connectivity index (χ1) is 8.64. The lowest BCUT2D eigenvalue weighted by Gasteiger charge is -2.29. The topological polar surface area (TPSA) is 83.5 Å². The van der Waals surface area contributed by atoms with Crippen LogP contribution in [0.3, 0.4) is 0 Å². The zero-order valence-corrected chi connectivity index (χ0v) is 12.1. The van der Waals surface area contributed by atoms with Gasteiger partial charge in [-0.05, 0) is 6.42 Å². The van der Waals surface area contributed by atoms with Crippen molar-refractivity contribution in [2.75, 3.05) is 27.7 Å². The molecule has 0 aromatic rings. The van der Waals surface area contributed by atoms with Gasteiger partial charge in [0.2, 0.25) is 0 Å². The molecule has 0 rings (SSSR count). The summed E-state index contributed by atoms with van der Waals surface area (Å²) in [5.74, 6) is -2.13. The maximum absolute atomic E-state index is 11.5. The van der Waals surface area contributed by atoms with Crippen LogP contribution in [0.4, 0.5) is 0 Å². The van der Waals surface area contributed by atoms with Crippen LogP contribution in [0.5, 0.6) is 0 Å². The number of aliphatic carboxylic acids is 1. The van der Waals surface area contributed by atoms with E-state index in [2.05, 4.69) is 0 Å². The Labute approximate surface area is 113 Å². The van der Waals surface area contributed by atoms with Gasteiger partial charge in [0.1, 0.15) is 18.7 Å². The fraction of sp³-hybridized carbons (Fsp3) is 0.769. The lowest BCUT2D eigenvalue weighted by Crippen LogP contribution is -2.45. The van der Waals surface area contributed by atoms with E-state index in [1.165, 1.54) is 0 Å². The van der Waals surface area contributed by atoms with E-state index in [1.54, 1.807) is 0 Å². The molecule has 0 aromatic heterocycles. The molecule has 0 fully saturated rings. The van der Waals surface area contributed by atoms with E-state index in [-0.39, 0.29) is 18.6 Å². The van der Waals surface area contributed by atoms with Crippen LogP contribution >= 0.6 is 0 Å². The molecule has 0 saturated carbocycles. The van der Waals surface area contributed by atoms with Crippen LogP contribution in [0, 0.1) is 0 Å². The molecule has 1 unspecified atom stereocenters. The Hall–Kier alpha value is -1.43. The van der Waals surface area contributed by atoms with Gasteiger partial charge in [0, 0.05) is 18.8 Å². The SMILES string of the molecule is CCCC(=O)CC(=O)OC(CC(=O)[O-])C[N+](C)(C)C. The number of carbonyl (C=O) groups excluding carboxylic acids is 3. The lowest BCUT2D eigenvalue weighted by molar-refractivity contribution is -0.873. The molecule has 0 radical (unpaired) electrons. The Bertz CT molecular complexity index is 332. The van der Waals surface area contributed by atoms with Crippen LogP contribution in [0.1, 0.15) is 32.6 Å². The predicted octanol–water partition coefficient (Wildman–Crippen LogP) is -0.496. The van der Waals surface area contributed by atoms with E-state index in [0.29, 0.717) is 23.9 Å². The van der Waals surface area contributed by atoms with Crippen molar-refractivity contribution in [3.8, 4) is 0 Å². The molecule has 6 nitrogen and oxygen atoms in total. The molecule has 6 heteroatoms. The summed E-state index contributed by atoms with van der Waals surface area (Å²) in [5, 5.41) is 10.6. The Kier molecular flexibility index (Phi) is 7.29. The third kappa shape index (κ3) is 10.2. The van der Waals surface area contributed by atoms with Crippen molar-refractivity contribution in [1.82, 2.24) is 0 Å². The number of carbonyl (C=O) groups is 3. The van der Waals surface area contributed by atoms with Crippen molar-refractivity contribution in [2.45, 2.75) is 38.7 Å². The number of nitrogens with zero attached hydrogens (tertiary/aromatic N) is 1. The van der Waals surface area contributed by atoms with Crippen LogP contribution in [-0.4, -0.2) is 56.0 Å². The fourth-order valence-electron chi connectivity index (χ4n) is 1.70. The molecule has 0 bridgehead atoms. The maximum Gasteiger partial charge on any atom is 0.313 e. The number of hydrogen-bond donors (Lipinski definition) is 0. The second-order valence-electron chi connectivity index (χ2n) is 5.63. The van der Waals surface area contributed by atoms with Gasteiger partial charge in [-0.2, -0.15) is 0 Å². The minimum atomic E-state index is -1.27. The van der Waals surface area contributed by atoms with Crippen molar-refractivity contribution in [2.24, 2.45) is 0 Å². The highest BCUT2D eigenvalue weighted by Crippen LogP contribution is 2.07. The van der Waals surface area contributed by atoms with Crippen LogP contribution in [0.15, 0.2) is 0 Å².